The predicted molar refractivity (Wildman–Crippen MR) is 107 cm³/mol. The molecule has 2 heterocycles. The number of aromatic nitrogens is 3. The van der Waals surface area contributed by atoms with Crippen molar-refractivity contribution in [2.45, 2.75) is 20.0 Å². The van der Waals surface area contributed by atoms with Crippen LogP contribution in [0, 0.1) is 13.8 Å². The second-order valence-corrected chi connectivity index (χ2v) is 6.64. The molecule has 3 rings (SSSR count). The summed E-state index contributed by atoms with van der Waals surface area (Å²) in [4.78, 5) is 25.1. The SMILES string of the molecule is Cc1cc(NC(=O)C(OC(=O)/C=C/c2c(C)nn(C)c2Cl)c2ccccc2)no1. The van der Waals surface area contributed by atoms with Crippen molar-refractivity contribution in [1.29, 1.82) is 0 Å². The van der Waals surface area contributed by atoms with Crippen LogP contribution in [0.1, 0.15) is 28.7 Å². The summed E-state index contributed by atoms with van der Waals surface area (Å²) in [6.45, 7) is 3.48. The number of nitrogens with one attached hydrogen (secondary N) is 1. The van der Waals surface area contributed by atoms with Gasteiger partial charge < -0.3 is 14.6 Å². The third kappa shape index (κ3) is 4.91. The molecule has 0 radical (unpaired) electrons. The lowest BCUT2D eigenvalue weighted by Crippen LogP contribution is -2.25. The van der Waals surface area contributed by atoms with Crippen LogP contribution in [0.2, 0.25) is 5.15 Å². The Balaban J connectivity index is 1.78. The first-order valence-electron chi connectivity index (χ1n) is 8.72. The number of ether oxygens (including phenoxy) is 1. The number of benzene rings is 1. The first-order valence-corrected chi connectivity index (χ1v) is 9.10. The highest BCUT2D eigenvalue weighted by Crippen LogP contribution is 2.22. The van der Waals surface area contributed by atoms with Crippen LogP contribution in [0.25, 0.3) is 6.08 Å². The molecule has 1 N–H and O–H groups in total. The fourth-order valence-corrected chi connectivity index (χ4v) is 2.90. The molecule has 0 spiro atoms. The molecule has 1 aromatic carbocycles. The number of hydrogen-bond donors (Lipinski definition) is 1. The van der Waals surface area contributed by atoms with Crippen LogP contribution in [-0.4, -0.2) is 26.8 Å². The zero-order chi connectivity index (χ0) is 21.0. The fraction of sp³-hybridized carbons (Fsp3) is 0.200. The molecule has 0 aliphatic heterocycles. The summed E-state index contributed by atoms with van der Waals surface area (Å²) in [6, 6.07) is 10.2. The van der Waals surface area contributed by atoms with E-state index in [0.29, 0.717) is 27.7 Å². The van der Waals surface area contributed by atoms with Gasteiger partial charge in [0.25, 0.3) is 5.91 Å². The summed E-state index contributed by atoms with van der Waals surface area (Å²) < 4.78 is 11.9. The van der Waals surface area contributed by atoms with E-state index in [2.05, 4.69) is 15.6 Å². The van der Waals surface area contributed by atoms with Crippen molar-refractivity contribution in [3.05, 3.63) is 70.2 Å². The molecule has 1 unspecified atom stereocenters. The predicted octanol–water partition coefficient (Wildman–Crippen LogP) is 3.61. The van der Waals surface area contributed by atoms with Crippen LogP contribution in [0.15, 0.2) is 47.0 Å². The number of nitrogens with zero attached hydrogens (tertiary/aromatic N) is 3. The van der Waals surface area contributed by atoms with Gasteiger partial charge in [-0.2, -0.15) is 5.10 Å². The molecule has 0 saturated heterocycles. The second-order valence-electron chi connectivity index (χ2n) is 6.29. The van der Waals surface area contributed by atoms with E-state index in [4.69, 9.17) is 20.9 Å². The zero-order valence-electron chi connectivity index (χ0n) is 16.0. The molecule has 29 heavy (non-hydrogen) atoms. The summed E-state index contributed by atoms with van der Waals surface area (Å²) in [5, 5.41) is 10.9. The van der Waals surface area contributed by atoms with Crippen molar-refractivity contribution < 1.29 is 18.8 Å². The number of carbonyl (C=O) groups is 2. The van der Waals surface area contributed by atoms with E-state index in [1.165, 1.54) is 16.8 Å². The molecule has 2 aromatic heterocycles. The summed E-state index contributed by atoms with van der Waals surface area (Å²) in [6.07, 6.45) is 1.55. The molecule has 1 amide bonds. The third-order valence-corrected chi connectivity index (χ3v) is 4.48. The van der Waals surface area contributed by atoms with Crippen LogP contribution in [0.3, 0.4) is 0 Å². The first-order chi connectivity index (χ1) is 13.8. The highest BCUT2D eigenvalue weighted by atomic mass is 35.5. The van der Waals surface area contributed by atoms with Gasteiger partial charge in [-0.15, -0.1) is 0 Å². The maximum atomic E-state index is 12.7. The molecule has 150 valence electrons. The Morgan fingerprint density at radius 2 is 2.00 bits per heavy atom. The van der Waals surface area contributed by atoms with E-state index in [1.807, 2.05) is 0 Å². The van der Waals surface area contributed by atoms with Crippen LogP contribution >= 0.6 is 11.6 Å². The lowest BCUT2D eigenvalue weighted by molar-refractivity contribution is -0.149. The summed E-state index contributed by atoms with van der Waals surface area (Å²) in [7, 11) is 1.70. The Morgan fingerprint density at radius 3 is 2.59 bits per heavy atom. The largest absolute Gasteiger partial charge is 0.444 e. The third-order valence-electron chi connectivity index (χ3n) is 4.04. The highest BCUT2D eigenvalue weighted by Gasteiger charge is 2.25. The van der Waals surface area contributed by atoms with Gasteiger partial charge in [-0.25, -0.2) is 4.79 Å². The van der Waals surface area contributed by atoms with Crippen molar-refractivity contribution in [2.24, 2.45) is 7.05 Å². The van der Waals surface area contributed by atoms with Gasteiger partial charge in [0.2, 0.25) is 6.10 Å². The van der Waals surface area contributed by atoms with Gasteiger partial charge in [-0.1, -0.05) is 47.1 Å². The van der Waals surface area contributed by atoms with E-state index in [9.17, 15) is 9.59 Å². The minimum absolute atomic E-state index is 0.234. The number of esters is 1. The number of anilines is 1. The Labute approximate surface area is 172 Å². The van der Waals surface area contributed by atoms with Crippen molar-refractivity contribution in [2.75, 3.05) is 5.32 Å². The van der Waals surface area contributed by atoms with Crippen molar-refractivity contribution in [3.63, 3.8) is 0 Å². The molecule has 8 nitrogen and oxygen atoms in total. The standard InChI is InChI=1S/C20H19ClN4O4/c1-12-11-16(24-29-12)22-20(27)18(14-7-5-4-6-8-14)28-17(26)10-9-15-13(2)23-25(3)19(15)21/h4-11,18H,1-3H3,(H,22,24,27)/b10-9+. The molecule has 0 bridgehead atoms. The smallest absolute Gasteiger partial charge is 0.331 e. The van der Waals surface area contributed by atoms with E-state index in [0.717, 1.165) is 0 Å². The van der Waals surface area contributed by atoms with Gasteiger partial charge in [0.1, 0.15) is 10.9 Å². The Kier molecular flexibility index (Phi) is 6.13. The van der Waals surface area contributed by atoms with Gasteiger partial charge in [0, 0.05) is 30.3 Å². The lowest BCUT2D eigenvalue weighted by Gasteiger charge is -2.16. The van der Waals surface area contributed by atoms with E-state index in [-0.39, 0.29) is 5.82 Å². The number of rotatable bonds is 6. The second kappa shape index (κ2) is 8.74. The number of aryl methyl sites for hydroxylation is 3. The molecule has 0 fully saturated rings. The van der Waals surface area contributed by atoms with Gasteiger partial charge in [-0.3, -0.25) is 9.48 Å². The van der Waals surface area contributed by atoms with Crippen LogP contribution in [-0.2, 0) is 21.4 Å². The molecular weight excluding hydrogens is 396 g/mol. The summed E-state index contributed by atoms with van der Waals surface area (Å²) >= 11 is 6.16. The van der Waals surface area contributed by atoms with Gasteiger partial charge in [0.15, 0.2) is 5.82 Å². The number of halogens is 1. The highest BCUT2D eigenvalue weighted by molar-refractivity contribution is 6.31. The summed E-state index contributed by atoms with van der Waals surface area (Å²) in [5.74, 6) is -0.482. The minimum atomic E-state index is -1.17. The van der Waals surface area contributed by atoms with E-state index in [1.54, 1.807) is 57.3 Å². The van der Waals surface area contributed by atoms with Crippen LogP contribution < -0.4 is 5.32 Å². The zero-order valence-corrected chi connectivity index (χ0v) is 16.8. The molecule has 1 atom stereocenters. The molecular formula is C20H19ClN4O4. The average Bonchev–Trinajstić information content (AvgIpc) is 3.21. The number of amides is 1. The minimum Gasteiger partial charge on any atom is -0.444 e. The van der Waals surface area contributed by atoms with E-state index < -0.39 is 18.0 Å². The monoisotopic (exact) mass is 414 g/mol. The quantitative estimate of drug-likeness (QED) is 0.488. The maximum absolute atomic E-state index is 12.7. The van der Waals surface area contributed by atoms with Crippen molar-refractivity contribution in [1.82, 2.24) is 14.9 Å². The normalized spacial score (nSPS) is 12.1. The molecule has 0 aliphatic rings. The fourth-order valence-electron chi connectivity index (χ4n) is 2.66. The Hall–Kier alpha value is -3.39. The molecule has 9 heteroatoms. The van der Waals surface area contributed by atoms with Crippen molar-refractivity contribution in [3.8, 4) is 0 Å². The average molecular weight is 415 g/mol. The molecule has 0 aliphatic carbocycles. The Morgan fingerprint density at radius 1 is 1.28 bits per heavy atom. The molecule has 0 saturated carbocycles. The molecule has 3 aromatic rings. The van der Waals surface area contributed by atoms with Gasteiger partial charge in [-0.05, 0) is 19.9 Å². The Bertz CT molecular complexity index is 1060. The first kappa shape index (κ1) is 20.3. The van der Waals surface area contributed by atoms with Crippen molar-refractivity contribution >= 4 is 35.4 Å². The summed E-state index contributed by atoms with van der Waals surface area (Å²) in [5.41, 5.74) is 1.78. The number of hydrogen-bond acceptors (Lipinski definition) is 6. The van der Waals surface area contributed by atoms with E-state index >= 15 is 0 Å². The lowest BCUT2D eigenvalue weighted by atomic mass is 10.1. The maximum Gasteiger partial charge on any atom is 0.331 e. The topological polar surface area (TPSA) is 99.2 Å². The van der Waals surface area contributed by atoms with Crippen LogP contribution in [0.4, 0.5) is 5.82 Å². The van der Waals surface area contributed by atoms with Crippen LogP contribution in [0.5, 0.6) is 0 Å². The number of carbonyl (C=O) groups excluding carboxylic acids is 2. The van der Waals surface area contributed by atoms with Gasteiger partial charge >= 0.3 is 5.97 Å². The van der Waals surface area contributed by atoms with Gasteiger partial charge in [0.05, 0.1) is 5.69 Å².